The molecule has 0 aromatic heterocycles. The average molecular weight is 423 g/mol. The fourth-order valence-electron chi connectivity index (χ4n) is 2.46. The first-order valence-electron chi connectivity index (χ1n) is 8.50. The number of thioether (sulfide) groups is 1. The van der Waals surface area contributed by atoms with Crippen molar-refractivity contribution in [3.63, 3.8) is 0 Å². The Kier molecular flexibility index (Phi) is 10.2. The first-order chi connectivity index (χ1) is 13.2. The molecule has 0 aliphatic carbocycles. The third-order valence-corrected chi connectivity index (χ3v) is 5.32. The highest BCUT2D eigenvalue weighted by atomic mass is 32.2. The molecule has 158 valence electrons. The molecule has 1 aromatic carbocycles. The van der Waals surface area contributed by atoms with E-state index in [-0.39, 0.29) is 5.97 Å². The molecule has 1 heterocycles. The minimum absolute atomic E-state index is 0.119. The number of carbonyl (C=O) groups is 2. The van der Waals surface area contributed by atoms with Gasteiger partial charge in [0.1, 0.15) is 5.75 Å². The Morgan fingerprint density at radius 1 is 1.25 bits per heavy atom. The Bertz CT molecular complexity index is 625. The van der Waals surface area contributed by atoms with Gasteiger partial charge in [-0.25, -0.2) is 4.79 Å². The molecule has 6 nitrogen and oxygen atoms in total. The molecule has 28 heavy (non-hydrogen) atoms. The molecule has 10 heteroatoms. The minimum Gasteiger partial charge on any atom is -0.497 e. The number of carboxylic acids is 1. The standard InChI is InChI=1S/C16H23NO3S.C2HF3O2/c1-19-14-6-3-12(4-7-14)11-21-15-9-13(17-10-15)5-8-16(18)20-2;3-2(4,5)1(6)7/h3-4,6-7,13,15,17H,5,8-11H2,1-2H3;(H,6,7)/t13-,15-;/m1./s1. The van der Waals surface area contributed by atoms with E-state index in [1.807, 2.05) is 23.9 Å². The Hall–Kier alpha value is -1.94. The number of ether oxygens (including phenoxy) is 2. The second-order valence-corrected chi connectivity index (χ2v) is 7.33. The van der Waals surface area contributed by atoms with Crippen LogP contribution in [0.3, 0.4) is 0 Å². The van der Waals surface area contributed by atoms with Gasteiger partial charge < -0.3 is 19.9 Å². The predicted octanol–water partition coefficient (Wildman–Crippen LogP) is 3.25. The largest absolute Gasteiger partial charge is 0.497 e. The van der Waals surface area contributed by atoms with Crippen LogP contribution in [0, 0.1) is 0 Å². The predicted molar refractivity (Wildman–Crippen MR) is 99.4 cm³/mol. The minimum atomic E-state index is -5.08. The molecule has 2 atom stereocenters. The van der Waals surface area contributed by atoms with E-state index < -0.39 is 12.1 Å². The molecule has 2 rings (SSSR count). The highest BCUT2D eigenvalue weighted by Crippen LogP contribution is 2.27. The molecule has 2 N–H and O–H groups in total. The number of hydrogen-bond donors (Lipinski definition) is 2. The van der Waals surface area contributed by atoms with Crippen LogP contribution in [-0.2, 0) is 20.1 Å². The lowest BCUT2D eigenvalue weighted by molar-refractivity contribution is -0.192. The third-order valence-electron chi connectivity index (χ3n) is 3.99. The van der Waals surface area contributed by atoms with Crippen LogP contribution in [0.2, 0.25) is 0 Å². The van der Waals surface area contributed by atoms with Crippen LogP contribution >= 0.6 is 11.8 Å². The van der Waals surface area contributed by atoms with Crippen LogP contribution in [-0.4, -0.2) is 55.3 Å². The molecule has 0 amide bonds. The zero-order chi connectivity index (χ0) is 21.2. The zero-order valence-corrected chi connectivity index (χ0v) is 16.4. The fourth-order valence-corrected chi connectivity index (χ4v) is 3.66. The van der Waals surface area contributed by atoms with Gasteiger partial charge >= 0.3 is 18.1 Å². The van der Waals surface area contributed by atoms with Crippen LogP contribution in [0.4, 0.5) is 13.2 Å². The number of carbonyl (C=O) groups excluding carboxylic acids is 1. The molecule has 1 aromatic rings. The Morgan fingerprint density at radius 3 is 2.36 bits per heavy atom. The van der Waals surface area contributed by atoms with Gasteiger partial charge in [0.15, 0.2) is 0 Å². The molecule has 1 aliphatic rings. The number of nitrogens with one attached hydrogen (secondary N) is 1. The van der Waals surface area contributed by atoms with Crippen molar-refractivity contribution in [2.24, 2.45) is 0 Å². The topological polar surface area (TPSA) is 84.9 Å². The maximum absolute atomic E-state index is 11.1. The van der Waals surface area contributed by atoms with Crippen LogP contribution in [0.25, 0.3) is 0 Å². The SMILES string of the molecule is COC(=O)CC[C@@H]1C[C@@H](SCc2ccc(OC)cc2)CN1.O=C(O)C(F)(F)F. The van der Waals surface area contributed by atoms with Gasteiger partial charge in [-0.15, -0.1) is 0 Å². The Morgan fingerprint density at radius 2 is 1.86 bits per heavy atom. The summed E-state index contributed by atoms with van der Waals surface area (Å²) in [5.74, 6) is -0.965. The summed E-state index contributed by atoms with van der Waals surface area (Å²) in [6.07, 6.45) is -2.59. The lowest BCUT2D eigenvalue weighted by atomic mass is 10.1. The molecular formula is C18H24F3NO5S. The summed E-state index contributed by atoms with van der Waals surface area (Å²) in [6.45, 7) is 1.02. The van der Waals surface area contributed by atoms with E-state index in [4.69, 9.17) is 14.6 Å². The summed E-state index contributed by atoms with van der Waals surface area (Å²) in [5.41, 5.74) is 1.32. The van der Waals surface area contributed by atoms with E-state index in [1.165, 1.54) is 12.7 Å². The van der Waals surface area contributed by atoms with E-state index in [1.54, 1.807) is 7.11 Å². The number of alkyl halides is 3. The van der Waals surface area contributed by atoms with Gasteiger partial charge in [-0.2, -0.15) is 24.9 Å². The van der Waals surface area contributed by atoms with Crippen LogP contribution in [0.1, 0.15) is 24.8 Å². The van der Waals surface area contributed by atoms with Gasteiger partial charge in [0, 0.05) is 30.0 Å². The fraction of sp³-hybridized carbons (Fsp3) is 0.556. The van der Waals surface area contributed by atoms with Gasteiger partial charge in [0.05, 0.1) is 14.2 Å². The highest BCUT2D eigenvalue weighted by Gasteiger charge is 2.38. The summed E-state index contributed by atoms with van der Waals surface area (Å²) in [5, 5.41) is 11.2. The van der Waals surface area contributed by atoms with Gasteiger partial charge in [0.2, 0.25) is 0 Å². The molecule has 0 saturated carbocycles. The lowest BCUT2D eigenvalue weighted by Crippen LogP contribution is -2.22. The summed E-state index contributed by atoms with van der Waals surface area (Å²) in [4.78, 5) is 20.0. The molecule has 0 radical (unpaired) electrons. The molecule has 0 unspecified atom stereocenters. The van der Waals surface area contributed by atoms with Gasteiger partial charge in [-0.3, -0.25) is 4.79 Å². The quantitative estimate of drug-likeness (QED) is 0.651. The molecule has 1 saturated heterocycles. The number of esters is 1. The number of benzene rings is 1. The molecule has 1 fully saturated rings. The number of halogens is 3. The number of carboxylic acid groups (broad SMARTS) is 1. The normalized spacial score (nSPS) is 18.8. The van der Waals surface area contributed by atoms with Crippen molar-refractivity contribution < 1.29 is 37.3 Å². The van der Waals surface area contributed by atoms with Crippen LogP contribution < -0.4 is 10.1 Å². The van der Waals surface area contributed by atoms with Gasteiger partial charge in [-0.1, -0.05) is 12.1 Å². The first-order valence-corrected chi connectivity index (χ1v) is 9.55. The van der Waals surface area contributed by atoms with Crippen molar-refractivity contribution >= 4 is 23.7 Å². The highest BCUT2D eigenvalue weighted by molar-refractivity contribution is 7.99. The summed E-state index contributed by atoms with van der Waals surface area (Å²) in [7, 11) is 3.13. The molecule has 0 bridgehead atoms. The van der Waals surface area contributed by atoms with Crippen molar-refractivity contribution in [3.8, 4) is 5.75 Å². The average Bonchev–Trinajstić information content (AvgIpc) is 3.12. The second-order valence-electron chi connectivity index (χ2n) is 6.04. The first kappa shape index (κ1) is 24.1. The van der Waals surface area contributed by atoms with Gasteiger partial charge in [0.25, 0.3) is 0 Å². The van der Waals surface area contributed by atoms with E-state index >= 15 is 0 Å². The molecule has 1 aliphatic heterocycles. The van der Waals surface area contributed by atoms with Crippen molar-refractivity contribution in [1.82, 2.24) is 5.32 Å². The maximum atomic E-state index is 11.1. The van der Waals surface area contributed by atoms with Crippen LogP contribution in [0.15, 0.2) is 24.3 Å². The molecular weight excluding hydrogens is 399 g/mol. The zero-order valence-electron chi connectivity index (χ0n) is 15.6. The Labute approximate surface area is 165 Å². The third kappa shape index (κ3) is 9.32. The summed E-state index contributed by atoms with van der Waals surface area (Å²) in [6, 6.07) is 8.67. The van der Waals surface area contributed by atoms with Crippen LogP contribution in [0.5, 0.6) is 5.75 Å². The lowest BCUT2D eigenvalue weighted by Gasteiger charge is -2.10. The number of methoxy groups -OCH3 is 2. The van der Waals surface area contributed by atoms with Crippen molar-refractivity contribution in [3.05, 3.63) is 29.8 Å². The second kappa shape index (κ2) is 11.8. The maximum Gasteiger partial charge on any atom is 0.490 e. The summed E-state index contributed by atoms with van der Waals surface area (Å²) >= 11 is 1.97. The molecule has 0 spiro atoms. The van der Waals surface area contributed by atoms with E-state index in [9.17, 15) is 18.0 Å². The monoisotopic (exact) mass is 423 g/mol. The van der Waals surface area contributed by atoms with Crippen molar-refractivity contribution in [1.29, 1.82) is 0 Å². The van der Waals surface area contributed by atoms with Crippen molar-refractivity contribution in [2.45, 2.75) is 42.5 Å². The number of aliphatic carboxylic acids is 1. The van der Waals surface area contributed by atoms with Crippen molar-refractivity contribution in [2.75, 3.05) is 20.8 Å². The number of hydrogen-bond acceptors (Lipinski definition) is 6. The Balaban J connectivity index is 0.000000480. The van der Waals surface area contributed by atoms with E-state index in [0.717, 1.165) is 30.9 Å². The van der Waals surface area contributed by atoms with E-state index in [2.05, 4.69) is 22.2 Å². The van der Waals surface area contributed by atoms with Gasteiger partial charge in [-0.05, 0) is 30.5 Å². The number of rotatable bonds is 7. The summed E-state index contributed by atoms with van der Waals surface area (Å²) < 4.78 is 41.6. The smallest absolute Gasteiger partial charge is 0.490 e. The van der Waals surface area contributed by atoms with E-state index in [0.29, 0.717) is 17.7 Å².